The summed E-state index contributed by atoms with van der Waals surface area (Å²) in [6, 6.07) is 8.01. The van der Waals surface area contributed by atoms with E-state index in [9.17, 15) is 4.79 Å². The summed E-state index contributed by atoms with van der Waals surface area (Å²) in [7, 11) is 0. The average Bonchev–Trinajstić information content (AvgIpc) is 2.58. The molecule has 0 aliphatic rings. The van der Waals surface area contributed by atoms with Crippen molar-refractivity contribution >= 4 is 22.2 Å². The Bertz CT molecular complexity index is 584. The number of hydrogen-bond donors (Lipinski definition) is 0. The van der Waals surface area contributed by atoms with Crippen molar-refractivity contribution in [2.24, 2.45) is 0 Å². The second kappa shape index (κ2) is 4.49. The molecule has 17 heavy (non-hydrogen) atoms. The van der Waals surface area contributed by atoms with Crippen molar-refractivity contribution in [3.05, 3.63) is 51.3 Å². The molecule has 0 aliphatic heterocycles. The first kappa shape index (κ1) is 12.1. The largest absolute Gasteiger partial charge is 0.317 e. The van der Waals surface area contributed by atoms with Crippen molar-refractivity contribution in [3.63, 3.8) is 0 Å². The number of nitrogens with zero attached hydrogens (tertiary/aromatic N) is 1. The smallest absolute Gasteiger partial charge is 0.151 e. The fourth-order valence-corrected chi connectivity index (χ4v) is 2.47. The van der Waals surface area contributed by atoms with Gasteiger partial charge in [-0.25, -0.2) is 0 Å². The van der Waals surface area contributed by atoms with Crippen LogP contribution in [0.25, 0.3) is 5.69 Å². The SMILES string of the molecule is Cc1c(Br)cccc1-n1c(C)cc(C=O)c1C. The number of carbonyl (C=O) groups excluding carboxylic acids is 1. The minimum atomic E-state index is 0.752. The zero-order chi connectivity index (χ0) is 12.6. The Balaban J connectivity index is 2.72. The van der Waals surface area contributed by atoms with Crippen LogP contribution in [0, 0.1) is 20.8 Å². The molecule has 1 aromatic carbocycles. The monoisotopic (exact) mass is 291 g/mol. The highest BCUT2D eigenvalue weighted by molar-refractivity contribution is 9.10. The van der Waals surface area contributed by atoms with Crippen LogP contribution in [0.3, 0.4) is 0 Å². The Hall–Kier alpha value is -1.35. The molecule has 0 N–H and O–H groups in total. The van der Waals surface area contributed by atoms with E-state index in [1.807, 2.05) is 32.0 Å². The van der Waals surface area contributed by atoms with E-state index in [-0.39, 0.29) is 0 Å². The second-order valence-electron chi connectivity index (χ2n) is 4.16. The normalized spacial score (nSPS) is 10.6. The number of carbonyl (C=O) groups is 1. The molecule has 0 unspecified atom stereocenters. The molecule has 0 saturated carbocycles. The predicted molar refractivity (Wildman–Crippen MR) is 73.1 cm³/mol. The summed E-state index contributed by atoms with van der Waals surface area (Å²) in [4.78, 5) is 11.0. The molecule has 0 amide bonds. The fraction of sp³-hybridized carbons (Fsp3) is 0.214. The summed E-state index contributed by atoms with van der Waals surface area (Å²) in [5.74, 6) is 0. The molecule has 0 radical (unpaired) electrons. The van der Waals surface area contributed by atoms with Gasteiger partial charge in [-0.1, -0.05) is 22.0 Å². The number of hydrogen-bond acceptors (Lipinski definition) is 1. The lowest BCUT2D eigenvalue weighted by molar-refractivity contribution is 0.112. The van der Waals surface area contributed by atoms with E-state index in [0.717, 1.165) is 33.4 Å². The van der Waals surface area contributed by atoms with E-state index in [4.69, 9.17) is 0 Å². The molecule has 0 bridgehead atoms. The Morgan fingerprint density at radius 1 is 1.24 bits per heavy atom. The third kappa shape index (κ3) is 1.95. The van der Waals surface area contributed by atoms with E-state index >= 15 is 0 Å². The molecule has 1 heterocycles. The number of aldehydes is 1. The van der Waals surface area contributed by atoms with E-state index in [1.54, 1.807) is 0 Å². The molecule has 88 valence electrons. The molecule has 2 rings (SSSR count). The maximum Gasteiger partial charge on any atom is 0.151 e. The van der Waals surface area contributed by atoms with Crippen LogP contribution >= 0.6 is 15.9 Å². The zero-order valence-corrected chi connectivity index (χ0v) is 11.7. The highest BCUT2D eigenvalue weighted by Crippen LogP contribution is 2.26. The van der Waals surface area contributed by atoms with Gasteiger partial charge in [-0.2, -0.15) is 0 Å². The second-order valence-corrected chi connectivity index (χ2v) is 5.02. The molecule has 1 aromatic heterocycles. The average molecular weight is 292 g/mol. The Morgan fingerprint density at radius 2 is 1.94 bits per heavy atom. The first-order valence-corrected chi connectivity index (χ1v) is 6.25. The van der Waals surface area contributed by atoms with Gasteiger partial charge >= 0.3 is 0 Å². The van der Waals surface area contributed by atoms with Crippen molar-refractivity contribution in [1.29, 1.82) is 0 Å². The van der Waals surface area contributed by atoms with Gasteiger partial charge in [0.2, 0.25) is 0 Å². The van der Waals surface area contributed by atoms with Crippen LogP contribution < -0.4 is 0 Å². The van der Waals surface area contributed by atoms with Crippen LogP contribution in [0.15, 0.2) is 28.7 Å². The summed E-state index contributed by atoms with van der Waals surface area (Å²) < 4.78 is 3.19. The molecule has 0 aliphatic carbocycles. The van der Waals surface area contributed by atoms with Gasteiger partial charge < -0.3 is 4.57 Å². The van der Waals surface area contributed by atoms with E-state index in [1.165, 1.54) is 5.56 Å². The quantitative estimate of drug-likeness (QED) is 0.767. The highest BCUT2D eigenvalue weighted by atomic mass is 79.9. The Labute approximate surface area is 109 Å². The summed E-state index contributed by atoms with van der Waals surface area (Å²) in [5, 5.41) is 0. The van der Waals surface area contributed by atoms with Crippen molar-refractivity contribution in [2.75, 3.05) is 0 Å². The minimum Gasteiger partial charge on any atom is -0.317 e. The lowest BCUT2D eigenvalue weighted by Gasteiger charge is -2.13. The van der Waals surface area contributed by atoms with Crippen LogP contribution in [-0.2, 0) is 0 Å². The first-order valence-electron chi connectivity index (χ1n) is 5.46. The lowest BCUT2D eigenvalue weighted by atomic mass is 10.2. The topological polar surface area (TPSA) is 22.0 Å². The van der Waals surface area contributed by atoms with Gasteiger partial charge in [-0.15, -0.1) is 0 Å². The molecule has 3 heteroatoms. The summed E-state index contributed by atoms with van der Waals surface area (Å²) in [5.41, 5.74) is 5.10. The molecular formula is C14H14BrNO. The number of aryl methyl sites for hydroxylation is 1. The molecule has 0 atom stereocenters. The Kier molecular flexibility index (Phi) is 3.20. The van der Waals surface area contributed by atoms with Crippen LogP contribution in [0.4, 0.5) is 0 Å². The molecule has 2 nitrogen and oxygen atoms in total. The summed E-state index contributed by atoms with van der Waals surface area (Å²) in [6.45, 7) is 6.05. The molecule has 0 fully saturated rings. The van der Waals surface area contributed by atoms with Crippen LogP contribution in [0.2, 0.25) is 0 Å². The van der Waals surface area contributed by atoms with E-state index in [2.05, 4.69) is 33.5 Å². The number of halogens is 1. The van der Waals surface area contributed by atoms with Gasteiger partial charge in [0.05, 0.1) is 0 Å². The highest BCUT2D eigenvalue weighted by Gasteiger charge is 2.12. The molecular weight excluding hydrogens is 278 g/mol. The standard InChI is InChI=1S/C14H14BrNO/c1-9-7-12(8-17)11(3)16(9)14-6-4-5-13(15)10(14)2/h4-8H,1-3H3. The van der Waals surface area contributed by atoms with Crippen LogP contribution in [0.1, 0.15) is 27.3 Å². The zero-order valence-electron chi connectivity index (χ0n) is 10.1. The van der Waals surface area contributed by atoms with Crippen LogP contribution in [-0.4, -0.2) is 10.9 Å². The number of benzene rings is 1. The number of rotatable bonds is 2. The van der Waals surface area contributed by atoms with Gasteiger partial charge in [0.15, 0.2) is 6.29 Å². The van der Waals surface area contributed by atoms with Gasteiger partial charge in [-0.05, 0) is 44.5 Å². The molecule has 0 saturated heterocycles. The van der Waals surface area contributed by atoms with Crippen molar-refractivity contribution in [1.82, 2.24) is 4.57 Å². The number of aromatic nitrogens is 1. The van der Waals surface area contributed by atoms with Gasteiger partial charge in [0.1, 0.15) is 0 Å². The van der Waals surface area contributed by atoms with Crippen LogP contribution in [0.5, 0.6) is 0 Å². The van der Waals surface area contributed by atoms with Gasteiger partial charge in [0.25, 0.3) is 0 Å². The first-order chi connectivity index (χ1) is 8.06. The molecule has 2 aromatic rings. The molecule has 0 spiro atoms. The van der Waals surface area contributed by atoms with Crippen molar-refractivity contribution in [3.8, 4) is 5.69 Å². The fourth-order valence-electron chi connectivity index (χ4n) is 2.12. The third-order valence-corrected chi connectivity index (χ3v) is 3.94. The van der Waals surface area contributed by atoms with E-state index < -0.39 is 0 Å². The maximum atomic E-state index is 11.0. The summed E-state index contributed by atoms with van der Waals surface area (Å²) in [6.07, 6.45) is 0.909. The van der Waals surface area contributed by atoms with Gasteiger partial charge in [-0.3, -0.25) is 4.79 Å². The third-order valence-electron chi connectivity index (χ3n) is 3.08. The minimum absolute atomic E-state index is 0.752. The maximum absolute atomic E-state index is 11.0. The van der Waals surface area contributed by atoms with E-state index in [0.29, 0.717) is 0 Å². The van der Waals surface area contributed by atoms with Gasteiger partial charge in [0, 0.05) is 27.1 Å². The lowest BCUT2D eigenvalue weighted by Crippen LogP contribution is -2.02. The van der Waals surface area contributed by atoms with Crippen molar-refractivity contribution in [2.45, 2.75) is 20.8 Å². The summed E-state index contributed by atoms with van der Waals surface area (Å²) >= 11 is 3.53. The Morgan fingerprint density at radius 3 is 2.53 bits per heavy atom. The van der Waals surface area contributed by atoms with Crippen molar-refractivity contribution < 1.29 is 4.79 Å². The predicted octanol–water partition coefficient (Wildman–Crippen LogP) is 3.98.